The van der Waals surface area contributed by atoms with E-state index in [1.165, 1.54) is 7.11 Å². The molecule has 1 fully saturated rings. The predicted molar refractivity (Wildman–Crippen MR) is 46.8 cm³/mol. The second-order valence-electron chi connectivity index (χ2n) is 3.28. The number of carbonyl (C=O) groups is 1. The average molecular weight is 207 g/mol. The van der Waals surface area contributed by atoms with Crippen molar-refractivity contribution in [2.75, 3.05) is 18.6 Å². The van der Waals surface area contributed by atoms with E-state index in [9.17, 15) is 13.2 Å². The van der Waals surface area contributed by atoms with Crippen molar-refractivity contribution in [2.24, 2.45) is 11.7 Å². The fourth-order valence-corrected chi connectivity index (χ4v) is 3.63. The van der Waals surface area contributed by atoms with Crippen molar-refractivity contribution in [3.63, 3.8) is 0 Å². The van der Waals surface area contributed by atoms with Crippen LogP contribution in [0.3, 0.4) is 0 Å². The molecule has 0 saturated carbocycles. The molecule has 0 aromatic carbocycles. The van der Waals surface area contributed by atoms with Crippen molar-refractivity contribution in [1.82, 2.24) is 0 Å². The lowest BCUT2D eigenvalue weighted by atomic mass is 10.0. The maximum Gasteiger partial charge on any atom is 0.217 e. The Morgan fingerprint density at radius 2 is 2.15 bits per heavy atom. The van der Waals surface area contributed by atoms with Crippen LogP contribution in [0.5, 0.6) is 0 Å². The van der Waals surface area contributed by atoms with Gasteiger partial charge < -0.3 is 10.5 Å². The van der Waals surface area contributed by atoms with Gasteiger partial charge in [0.15, 0.2) is 9.84 Å². The molecule has 0 radical (unpaired) electrons. The van der Waals surface area contributed by atoms with E-state index in [0.717, 1.165) is 0 Å². The molecular formula is C7H13NO4S. The van der Waals surface area contributed by atoms with Gasteiger partial charge in [-0.2, -0.15) is 0 Å². The summed E-state index contributed by atoms with van der Waals surface area (Å²) in [6.45, 7) is 0. The molecule has 2 unspecified atom stereocenters. The number of hydrogen-bond acceptors (Lipinski definition) is 4. The van der Waals surface area contributed by atoms with E-state index in [2.05, 4.69) is 0 Å². The lowest BCUT2D eigenvalue weighted by Crippen LogP contribution is -2.26. The third-order valence-electron chi connectivity index (χ3n) is 2.18. The SMILES string of the molecule is COC1CS(=O)(=O)CC1CC(N)=O. The summed E-state index contributed by atoms with van der Waals surface area (Å²) < 4.78 is 27.3. The normalized spacial score (nSPS) is 31.8. The van der Waals surface area contributed by atoms with Crippen molar-refractivity contribution in [2.45, 2.75) is 12.5 Å². The van der Waals surface area contributed by atoms with Gasteiger partial charge in [-0.3, -0.25) is 4.79 Å². The van der Waals surface area contributed by atoms with Gasteiger partial charge in [0.25, 0.3) is 0 Å². The Kier molecular flexibility index (Phi) is 2.92. The molecule has 1 saturated heterocycles. The Hall–Kier alpha value is -0.620. The third kappa shape index (κ3) is 2.67. The first-order valence-corrected chi connectivity index (χ1v) is 5.78. The van der Waals surface area contributed by atoms with Gasteiger partial charge in [-0.05, 0) is 0 Å². The fourth-order valence-electron chi connectivity index (χ4n) is 1.60. The number of rotatable bonds is 3. The highest BCUT2D eigenvalue weighted by molar-refractivity contribution is 7.91. The second-order valence-corrected chi connectivity index (χ2v) is 5.44. The number of carbonyl (C=O) groups excluding carboxylic acids is 1. The minimum absolute atomic E-state index is 0.00144. The van der Waals surface area contributed by atoms with Gasteiger partial charge in [-0.1, -0.05) is 0 Å². The van der Waals surface area contributed by atoms with E-state index >= 15 is 0 Å². The second kappa shape index (κ2) is 3.63. The number of nitrogens with two attached hydrogens (primary N) is 1. The molecule has 6 heteroatoms. The Bertz CT molecular complexity index is 298. The van der Waals surface area contributed by atoms with Crippen LogP contribution in [0.4, 0.5) is 0 Å². The molecule has 13 heavy (non-hydrogen) atoms. The quantitative estimate of drug-likeness (QED) is 0.638. The number of primary amides is 1. The largest absolute Gasteiger partial charge is 0.380 e. The van der Waals surface area contributed by atoms with Gasteiger partial charge in [-0.15, -0.1) is 0 Å². The zero-order valence-electron chi connectivity index (χ0n) is 7.39. The minimum atomic E-state index is -3.04. The molecule has 0 bridgehead atoms. The van der Waals surface area contributed by atoms with Crippen LogP contribution < -0.4 is 5.73 Å². The van der Waals surface area contributed by atoms with Crippen molar-refractivity contribution >= 4 is 15.7 Å². The van der Waals surface area contributed by atoms with Crippen molar-refractivity contribution < 1.29 is 17.9 Å². The summed E-state index contributed by atoms with van der Waals surface area (Å²) in [6.07, 6.45) is -0.296. The molecule has 1 heterocycles. The molecular weight excluding hydrogens is 194 g/mol. The Morgan fingerprint density at radius 1 is 1.54 bits per heavy atom. The van der Waals surface area contributed by atoms with Crippen LogP contribution in [-0.4, -0.2) is 39.0 Å². The molecule has 1 rings (SSSR count). The lowest BCUT2D eigenvalue weighted by molar-refractivity contribution is -0.119. The highest BCUT2D eigenvalue weighted by Gasteiger charge is 2.38. The third-order valence-corrected chi connectivity index (χ3v) is 3.95. The molecule has 1 aliphatic heterocycles. The van der Waals surface area contributed by atoms with E-state index in [1.807, 2.05) is 0 Å². The van der Waals surface area contributed by atoms with E-state index in [0.29, 0.717) is 0 Å². The molecule has 1 amide bonds. The van der Waals surface area contributed by atoms with Gasteiger partial charge in [0, 0.05) is 19.4 Å². The van der Waals surface area contributed by atoms with Crippen LogP contribution in [-0.2, 0) is 19.4 Å². The maximum atomic E-state index is 11.2. The zero-order valence-corrected chi connectivity index (χ0v) is 8.21. The molecule has 0 aromatic rings. The summed E-state index contributed by atoms with van der Waals surface area (Å²) in [5, 5.41) is 0. The number of ether oxygens (including phenoxy) is 1. The molecule has 2 atom stereocenters. The average Bonchev–Trinajstić information content (AvgIpc) is 2.24. The predicted octanol–water partition coefficient (Wildman–Crippen LogP) is -1.08. The topological polar surface area (TPSA) is 86.5 Å². The highest BCUT2D eigenvalue weighted by atomic mass is 32.2. The Morgan fingerprint density at radius 3 is 2.62 bits per heavy atom. The van der Waals surface area contributed by atoms with Gasteiger partial charge in [0.05, 0.1) is 17.6 Å². The first kappa shape index (κ1) is 10.5. The minimum Gasteiger partial charge on any atom is -0.380 e. The first-order chi connectivity index (χ1) is 5.94. The molecule has 0 aromatic heterocycles. The van der Waals surface area contributed by atoms with E-state index in [4.69, 9.17) is 10.5 Å². The van der Waals surface area contributed by atoms with E-state index in [-0.39, 0.29) is 29.9 Å². The number of methoxy groups -OCH3 is 1. The Balaban J connectivity index is 2.69. The number of amides is 1. The van der Waals surface area contributed by atoms with E-state index in [1.54, 1.807) is 0 Å². The van der Waals surface area contributed by atoms with Gasteiger partial charge in [-0.25, -0.2) is 8.42 Å². The van der Waals surface area contributed by atoms with Crippen LogP contribution >= 0.6 is 0 Å². The molecule has 5 nitrogen and oxygen atoms in total. The van der Waals surface area contributed by atoms with Crippen molar-refractivity contribution in [1.29, 1.82) is 0 Å². The van der Waals surface area contributed by atoms with Gasteiger partial charge >= 0.3 is 0 Å². The Labute approximate surface area is 77.2 Å². The van der Waals surface area contributed by atoms with Crippen molar-refractivity contribution in [3.8, 4) is 0 Å². The van der Waals surface area contributed by atoms with Crippen LogP contribution in [0.15, 0.2) is 0 Å². The van der Waals surface area contributed by atoms with Crippen LogP contribution in [0.25, 0.3) is 0 Å². The highest BCUT2D eigenvalue weighted by Crippen LogP contribution is 2.24. The number of hydrogen-bond donors (Lipinski definition) is 1. The first-order valence-electron chi connectivity index (χ1n) is 3.96. The zero-order chi connectivity index (χ0) is 10.1. The summed E-state index contributed by atoms with van der Waals surface area (Å²) in [4.78, 5) is 10.6. The van der Waals surface area contributed by atoms with Crippen LogP contribution in [0.2, 0.25) is 0 Å². The maximum absolute atomic E-state index is 11.2. The fraction of sp³-hybridized carbons (Fsp3) is 0.857. The van der Waals surface area contributed by atoms with Crippen LogP contribution in [0.1, 0.15) is 6.42 Å². The summed E-state index contributed by atoms with van der Waals surface area (Å²) >= 11 is 0. The molecule has 2 N–H and O–H groups in total. The van der Waals surface area contributed by atoms with Gasteiger partial charge in [0.1, 0.15) is 0 Å². The molecule has 76 valence electrons. The summed E-state index contributed by atoms with van der Waals surface area (Å²) in [5.74, 6) is -0.743. The summed E-state index contributed by atoms with van der Waals surface area (Å²) in [7, 11) is -1.59. The standard InChI is InChI=1S/C7H13NO4S/c1-12-6-4-13(10,11)3-5(6)2-7(8)9/h5-6H,2-4H2,1H3,(H2,8,9). The smallest absolute Gasteiger partial charge is 0.217 e. The van der Waals surface area contributed by atoms with E-state index < -0.39 is 15.7 Å². The summed E-state index contributed by atoms with van der Waals surface area (Å²) in [5.41, 5.74) is 4.99. The lowest BCUT2D eigenvalue weighted by Gasteiger charge is -2.13. The van der Waals surface area contributed by atoms with Gasteiger partial charge in [0.2, 0.25) is 5.91 Å². The molecule has 0 spiro atoms. The molecule has 0 aliphatic carbocycles. The monoisotopic (exact) mass is 207 g/mol. The van der Waals surface area contributed by atoms with Crippen molar-refractivity contribution in [3.05, 3.63) is 0 Å². The molecule has 1 aliphatic rings. The van der Waals surface area contributed by atoms with Crippen LogP contribution in [0, 0.1) is 5.92 Å². The number of sulfone groups is 1. The summed E-state index contributed by atoms with van der Waals surface area (Å²) in [6, 6.07) is 0.